The number of hydrogen-bond donors (Lipinski definition) is 0. The maximum Gasteiger partial charge on any atom is 0.228 e. The number of benzene rings is 3. The molecule has 0 amide bonds. The minimum absolute atomic E-state index is 0.191. The second-order valence-corrected chi connectivity index (χ2v) is 8.35. The van der Waals surface area contributed by atoms with Crippen LogP contribution in [0.25, 0.3) is 22.3 Å². The van der Waals surface area contributed by atoms with Crippen molar-refractivity contribution < 1.29 is 17.9 Å². The first kappa shape index (κ1) is 22.2. The second-order valence-electron chi connectivity index (χ2n) is 8.35. The summed E-state index contributed by atoms with van der Waals surface area (Å²) in [4.78, 5) is 0. The molecule has 0 aliphatic heterocycles. The lowest BCUT2D eigenvalue weighted by Gasteiger charge is -2.27. The quantitative estimate of drug-likeness (QED) is 0.352. The molecule has 32 heavy (non-hydrogen) atoms. The Balaban J connectivity index is 1.49. The number of alkyl halides is 1. The van der Waals surface area contributed by atoms with E-state index in [2.05, 4.69) is 35.9 Å². The van der Waals surface area contributed by atoms with Crippen LogP contribution in [-0.2, 0) is 0 Å². The van der Waals surface area contributed by atoms with Crippen molar-refractivity contribution in [2.75, 3.05) is 6.86 Å². The van der Waals surface area contributed by atoms with Crippen LogP contribution >= 0.6 is 0 Å². The summed E-state index contributed by atoms with van der Waals surface area (Å²) in [6, 6.07) is 17.3. The highest BCUT2D eigenvalue weighted by Gasteiger charge is 2.20. The van der Waals surface area contributed by atoms with E-state index in [4.69, 9.17) is 0 Å². The van der Waals surface area contributed by atoms with E-state index in [0.717, 1.165) is 17.2 Å². The second kappa shape index (κ2) is 10.1. The van der Waals surface area contributed by atoms with Crippen LogP contribution in [0.4, 0.5) is 13.2 Å². The van der Waals surface area contributed by atoms with Crippen LogP contribution < -0.4 is 4.74 Å². The molecule has 1 nitrogen and oxygen atoms in total. The molecule has 0 bridgehead atoms. The summed E-state index contributed by atoms with van der Waals surface area (Å²) in [7, 11) is 0. The molecule has 0 atom stereocenters. The van der Waals surface area contributed by atoms with Gasteiger partial charge in [-0.3, -0.25) is 0 Å². The van der Waals surface area contributed by atoms with Crippen molar-refractivity contribution in [3.8, 4) is 28.0 Å². The van der Waals surface area contributed by atoms with E-state index >= 15 is 0 Å². The minimum atomic E-state index is -1.12. The van der Waals surface area contributed by atoms with Gasteiger partial charge in [0.1, 0.15) is 5.82 Å². The molecule has 0 unspecified atom stereocenters. The van der Waals surface area contributed by atoms with E-state index in [9.17, 15) is 13.2 Å². The Kier molecular flexibility index (Phi) is 6.99. The Morgan fingerprint density at radius 1 is 0.812 bits per heavy atom. The molecule has 0 radical (unpaired) electrons. The largest absolute Gasteiger partial charge is 0.460 e. The van der Waals surface area contributed by atoms with Crippen molar-refractivity contribution in [2.45, 2.75) is 38.5 Å². The van der Waals surface area contributed by atoms with Gasteiger partial charge < -0.3 is 4.74 Å². The molecule has 0 N–H and O–H groups in total. The third-order valence-electron chi connectivity index (χ3n) is 6.37. The summed E-state index contributed by atoms with van der Waals surface area (Å²) >= 11 is 0. The molecule has 3 aromatic rings. The van der Waals surface area contributed by atoms with E-state index in [1.54, 1.807) is 6.07 Å². The number of allylic oxidation sites excluding steroid dienone is 2. The summed E-state index contributed by atoms with van der Waals surface area (Å²) in [5, 5.41) is 0. The highest BCUT2D eigenvalue weighted by Crippen LogP contribution is 2.37. The van der Waals surface area contributed by atoms with Crippen LogP contribution in [-0.4, -0.2) is 6.86 Å². The van der Waals surface area contributed by atoms with Gasteiger partial charge in [-0.15, -0.1) is 0 Å². The molecule has 3 aromatic carbocycles. The van der Waals surface area contributed by atoms with Crippen molar-refractivity contribution in [2.24, 2.45) is 5.92 Å². The van der Waals surface area contributed by atoms with Crippen molar-refractivity contribution in [3.05, 3.63) is 90.0 Å². The molecule has 0 spiro atoms. The lowest BCUT2D eigenvalue weighted by molar-refractivity contribution is 0.184. The van der Waals surface area contributed by atoms with E-state index < -0.39 is 18.5 Å². The third kappa shape index (κ3) is 4.90. The van der Waals surface area contributed by atoms with Crippen molar-refractivity contribution in [1.82, 2.24) is 0 Å². The molecule has 0 saturated heterocycles. The topological polar surface area (TPSA) is 9.23 Å². The fraction of sp³-hybridized carbons (Fsp3) is 0.286. The molecule has 0 aromatic heterocycles. The average molecular weight is 437 g/mol. The number of ether oxygens (including phenoxy) is 1. The van der Waals surface area contributed by atoms with Crippen LogP contribution in [0, 0.1) is 17.6 Å². The smallest absolute Gasteiger partial charge is 0.228 e. The molecule has 1 fully saturated rings. The Hall–Kier alpha value is -3.01. The van der Waals surface area contributed by atoms with Crippen LogP contribution in [0.2, 0.25) is 0 Å². The molecular formula is C28H27F3O. The molecule has 4 rings (SSSR count). The van der Waals surface area contributed by atoms with Gasteiger partial charge in [0.05, 0.1) is 0 Å². The maximum absolute atomic E-state index is 14.9. The number of rotatable bonds is 6. The maximum atomic E-state index is 14.9. The average Bonchev–Trinajstić information content (AvgIpc) is 2.81. The monoisotopic (exact) mass is 436 g/mol. The van der Waals surface area contributed by atoms with Gasteiger partial charge in [0.15, 0.2) is 11.6 Å². The van der Waals surface area contributed by atoms with E-state index in [1.165, 1.54) is 49.4 Å². The summed E-state index contributed by atoms with van der Waals surface area (Å²) < 4.78 is 45.7. The molecular weight excluding hydrogens is 409 g/mol. The Morgan fingerprint density at radius 2 is 1.47 bits per heavy atom. The highest BCUT2D eigenvalue weighted by atomic mass is 19.1. The first-order chi connectivity index (χ1) is 15.6. The van der Waals surface area contributed by atoms with Crippen LogP contribution in [0.5, 0.6) is 5.75 Å². The van der Waals surface area contributed by atoms with Gasteiger partial charge >= 0.3 is 0 Å². The van der Waals surface area contributed by atoms with Crippen molar-refractivity contribution in [3.63, 3.8) is 0 Å². The SMILES string of the molecule is C/C=C/C1CCC(c2ccc(-c3ccc(-c4ccc(OCF)c(F)c4)c(F)c3)cc2)CC1. The van der Waals surface area contributed by atoms with Gasteiger partial charge in [0.25, 0.3) is 0 Å². The summed E-state index contributed by atoms with van der Waals surface area (Å²) in [5.41, 5.74) is 3.72. The van der Waals surface area contributed by atoms with E-state index in [1.807, 2.05) is 18.2 Å². The molecule has 166 valence electrons. The molecule has 4 heteroatoms. The Labute approximate surface area is 187 Å². The summed E-state index contributed by atoms with van der Waals surface area (Å²) in [6.07, 6.45) is 9.32. The predicted octanol–water partition coefficient (Wildman–Crippen LogP) is 8.45. The third-order valence-corrected chi connectivity index (χ3v) is 6.37. The van der Waals surface area contributed by atoms with Gasteiger partial charge in [-0.05, 0) is 84.9 Å². The molecule has 1 saturated carbocycles. The first-order valence-electron chi connectivity index (χ1n) is 11.1. The standard InChI is InChI=1S/C28H27F3O/c1-2-3-19-4-6-20(7-5-19)21-8-10-22(11-9-21)23-12-14-25(26(30)16-23)24-13-15-28(32-18-29)27(31)17-24/h2-3,8-17,19-20H,4-7,18H2,1H3/b3-2+. The first-order valence-corrected chi connectivity index (χ1v) is 11.1. The lowest BCUT2D eigenvalue weighted by atomic mass is 9.78. The van der Waals surface area contributed by atoms with Gasteiger partial charge in [-0.1, -0.05) is 54.6 Å². The normalized spacial score (nSPS) is 18.8. The number of hydrogen-bond acceptors (Lipinski definition) is 1. The van der Waals surface area contributed by atoms with E-state index in [0.29, 0.717) is 17.4 Å². The highest BCUT2D eigenvalue weighted by molar-refractivity contribution is 5.71. The van der Waals surface area contributed by atoms with Crippen molar-refractivity contribution >= 4 is 0 Å². The van der Waals surface area contributed by atoms with Gasteiger partial charge in [-0.25, -0.2) is 13.2 Å². The van der Waals surface area contributed by atoms with Crippen LogP contribution in [0.3, 0.4) is 0 Å². The van der Waals surface area contributed by atoms with Crippen LogP contribution in [0.15, 0.2) is 72.8 Å². The minimum Gasteiger partial charge on any atom is -0.460 e. The zero-order valence-electron chi connectivity index (χ0n) is 18.2. The van der Waals surface area contributed by atoms with Crippen molar-refractivity contribution in [1.29, 1.82) is 0 Å². The number of halogens is 3. The van der Waals surface area contributed by atoms with Crippen LogP contribution in [0.1, 0.15) is 44.1 Å². The zero-order chi connectivity index (χ0) is 22.5. The van der Waals surface area contributed by atoms with Gasteiger partial charge in [0.2, 0.25) is 6.86 Å². The fourth-order valence-corrected chi connectivity index (χ4v) is 4.64. The fourth-order valence-electron chi connectivity index (χ4n) is 4.64. The summed E-state index contributed by atoms with van der Waals surface area (Å²) in [6.45, 7) is 0.966. The summed E-state index contributed by atoms with van der Waals surface area (Å²) in [5.74, 6) is -0.0584. The lowest BCUT2D eigenvalue weighted by Crippen LogP contribution is -2.11. The van der Waals surface area contributed by atoms with E-state index in [-0.39, 0.29) is 11.3 Å². The van der Waals surface area contributed by atoms with Gasteiger partial charge in [0, 0.05) is 5.56 Å². The zero-order valence-corrected chi connectivity index (χ0v) is 18.2. The molecule has 0 heterocycles. The molecule has 1 aliphatic carbocycles. The Bertz CT molecular complexity index is 1080. The predicted molar refractivity (Wildman–Crippen MR) is 123 cm³/mol. The molecule has 1 aliphatic rings. The Morgan fingerprint density at radius 3 is 2.09 bits per heavy atom. The van der Waals surface area contributed by atoms with Gasteiger partial charge in [-0.2, -0.15) is 0 Å².